The fourth-order valence-corrected chi connectivity index (χ4v) is 1.27. The minimum absolute atomic E-state index is 0.261. The van der Waals surface area contributed by atoms with E-state index in [1.807, 2.05) is 0 Å². The SMILES string of the molecule is O=C(Nc1ccc(F)c(F)c1)C(C(F)(F)F)C(F)(F)F. The van der Waals surface area contributed by atoms with Crippen molar-refractivity contribution in [3.63, 3.8) is 0 Å². The number of alkyl halides is 6. The first-order valence-electron chi connectivity index (χ1n) is 4.82. The molecule has 112 valence electrons. The van der Waals surface area contributed by atoms with E-state index in [1.165, 1.54) is 5.32 Å². The molecule has 1 aromatic carbocycles. The number of hydrogen-bond donors (Lipinski definition) is 1. The van der Waals surface area contributed by atoms with Gasteiger partial charge in [0.15, 0.2) is 11.6 Å². The van der Waals surface area contributed by atoms with Crippen LogP contribution < -0.4 is 5.32 Å². The minimum atomic E-state index is -5.86. The van der Waals surface area contributed by atoms with E-state index in [9.17, 15) is 39.9 Å². The zero-order valence-electron chi connectivity index (χ0n) is 9.24. The predicted octanol–water partition coefficient (Wildman–Crippen LogP) is 3.64. The maximum atomic E-state index is 12.7. The van der Waals surface area contributed by atoms with E-state index < -0.39 is 41.5 Å². The van der Waals surface area contributed by atoms with Crippen LogP contribution in [0, 0.1) is 17.6 Å². The lowest BCUT2D eigenvalue weighted by Gasteiger charge is -2.22. The highest BCUT2D eigenvalue weighted by Crippen LogP contribution is 2.39. The molecule has 2 nitrogen and oxygen atoms in total. The fraction of sp³-hybridized carbons (Fsp3) is 0.300. The molecule has 1 rings (SSSR count). The van der Waals surface area contributed by atoms with Gasteiger partial charge in [0, 0.05) is 11.8 Å². The van der Waals surface area contributed by atoms with Gasteiger partial charge in [-0.15, -0.1) is 0 Å². The molecule has 0 aromatic heterocycles. The van der Waals surface area contributed by atoms with Gasteiger partial charge in [0.05, 0.1) is 0 Å². The van der Waals surface area contributed by atoms with Gasteiger partial charge in [-0.25, -0.2) is 8.78 Å². The van der Waals surface area contributed by atoms with E-state index >= 15 is 0 Å². The number of benzene rings is 1. The Kier molecular flexibility index (Phi) is 4.25. The Bertz CT molecular complexity index is 493. The molecule has 0 saturated heterocycles. The van der Waals surface area contributed by atoms with Gasteiger partial charge in [0.25, 0.3) is 0 Å². The number of nitrogens with one attached hydrogen (secondary N) is 1. The molecule has 0 bridgehead atoms. The van der Waals surface area contributed by atoms with Crippen molar-refractivity contribution in [2.45, 2.75) is 12.4 Å². The maximum absolute atomic E-state index is 12.7. The zero-order chi connectivity index (χ0) is 15.7. The number of rotatable bonds is 2. The molecular weight excluding hydrogens is 302 g/mol. The van der Waals surface area contributed by atoms with Crippen LogP contribution >= 0.6 is 0 Å². The summed E-state index contributed by atoms with van der Waals surface area (Å²) in [5.41, 5.74) is -0.729. The molecule has 0 atom stereocenters. The summed E-state index contributed by atoms with van der Waals surface area (Å²) >= 11 is 0. The van der Waals surface area contributed by atoms with Gasteiger partial charge in [0.1, 0.15) is 0 Å². The fourth-order valence-electron chi connectivity index (χ4n) is 1.27. The number of amides is 1. The van der Waals surface area contributed by atoms with E-state index in [0.717, 1.165) is 0 Å². The third-order valence-electron chi connectivity index (χ3n) is 2.10. The van der Waals surface area contributed by atoms with Crippen LogP contribution in [0.1, 0.15) is 0 Å². The van der Waals surface area contributed by atoms with Crippen molar-refractivity contribution in [3.8, 4) is 0 Å². The Morgan fingerprint density at radius 3 is 1.85 bits per heavy atom. The third-order valence-corrected chi connectivity index (χ3v) is 2.10. The van der Waals surface area contributed by atoms with Crippen LogP contribution in [0.3, 0.4) is 0 Å². The number of carbonyl (C=O) groups is 1. The first-order chi connectivity index (χ1) is 8.93. The van der Waals surface area contributed by atoms with Crippen molar-refractivity contribution in [2.75, 3.05) is 5.32 Å². The Labute approximate surface area is 106 Å². The van der Waals surface area contributed by atoms with Gasteiger partial charge in [0.2, 0.25) is 11.8 Å². The summed E-state index contributed by atoms with van der Waals surface area (Å²) in [6.45, 7) is 0. The second-order valence-electron chi connectivity index (χ2n) is 3.63. The molecule has 20 heavy (non-hydrogen) atoms. The maximum Gasteiger partial charge on any atom is 0.409 e. The van der Waals surface area contributed by atoms with E-state index in [1.54, 1.807) is 0 Å². The number of carbonyl (C=O) groups excluding carboxylic acids is 1. The molecule has 1 N–H and O–H groups in total. The second-order valence-corrected chi connectivity index (χ2v) is 3.63. The summed E-state index contributed by atoms with van der Waals surface area (Å²) < 4.78 is 98.4. The molecule has 0 fully saturated rings. The van der Waals surface area contributed by atoms with Crippen LogP contribution in [0.25, 0.3) is 0 Å². The summed E-state index contributed by atoms with van der Waals surface area (Å²) in [7, 11) is 0. The number of halogens is 8. The summed E-state index contributed by atoms with van der Waals surface area (Å²) in [5, 5.41) is 1.24. The first-order valence-corrected chi connectivity index (χ1v) is 4.82. The average molecular weight is 307 g/mol. The van der Waals surface area contributed by atoms with Crippen LogP contribution in [-0.2, 0) is 4.79 Å². The van der Waals surface area contributed by atoms with Gasteiger partial charge in [-0.2, -0.15) is 26.3 Å². The molecular formula is C10H5F8NO. The molecule has 1 aromatic rings. The van der Waals surface area contributed by atoms with Gasteiger partial charge in [-0.3, -0.25) is 4.79 Å². The first kappa shape index (κ1) is 16.2. The van der Waals surface area contributed by atoms with Crippen molar-refractivity contribution in [2.24, 2.45) is 5.92 Å². The second kappa shape index (κ2) is 5.25. The lowest BCUT2D eigenvalue weighted by molar-refractivity contribution is -0.272. The normalized spacial score (nSPS) is 12.7. The van der Waals surface area contributed by atoms with Crippen molar-refractivity contribution in [1.82, 2.24) is 0 Å². The Balaban J connectivity index is 3.00. The third kappa shape index (κ3) is 3.81. The van der Waals surface area contributed by atoms with Crippen molar-refractivity contribution >= 4 is 11.6 Å². The molecule has 1 amide bonds. The molecule has 0 aliphatic carbocycles. The number of hydrogen-bond acceptors (Lipinski definition) is 1. The Morgan fingerprint density at radius 2 is 1.45 bits per heavy atom. The Hall–Kier alpha value is -1.87. The molecule has 0 aliphatic heterocycles. The molecule has 10 heteroatoms. The van der Waals surface area contributed by atoms with Gasteiger partial charge in [-0.05, 0) is 12.1 Å². The standard InChI is InChI=1S/C10H5F8NO/c11-5-2-1-4(3-6(5)12)19-8(20)7(9(13,14)15)10(16,17)18/h1-3,7H,(H,19,20). The van der Waals surface area contributed by atoms with Gasteiger partial charge < -0.3 is 5.32 Å². The average Bonchev–Trinajstić information content (AvgIpc) is 2.18. The van der Waals surface area contributed by atoms with E-state index in [4.69, 9.17) is 0 Å². The summed E-state index contributed by atoms with van der Waals surface area (Å²) in [6.07, 6.45) is -11.7. The van der Waals surface area contributed by atoms with Crippen LogP contribution in [0.15, 0.2) is 18.2 Å². The van der Waals surface area contributed by atoms with E-state index in [0.29, 0.717) is 12.1 Å². The van der Waals surface area contributed by atoms with Crippen molar-refractivity contribution in [3.05, 3.63) is 29.8 Å². The van der Waals surface area contributed by atoms with Crippen molar-refractivity contribution in [1.29, 1.82) is 0 Å². The van der Waals surface area contributed by atoms with E-state index in [2.05, 4.69) is 0 Å². The smallest absolute Gasteiger partial charge is 0.325 e. The zero-order valence-corrected chi connectivity index (χ0v) is 9.24. The lowest BCUT2D eigenvalue weighted by atomic mass is 10.1. The molecule has 0 saturated carbocycles. The highest BCUT2D eigenvalue weighted by atomic mass is 19.4. The quantitative estimate of drug-likeness (QED) is 0.830. The molecule has 0 heterocycles. The summed E-state index contributed by atoms with van der Waals surface area (Å²) in [5.74, 6) is -9.59. The largest absolute Gasteiger partial charge is 0.409 e. The topological polar surface area (TPSA) is 29.1 Å². The van der Waals surface area contributed by atoms with Crippen LogP contribution in [-0.4, -0.2) is 18.3 Å². The van der Waals surface area contributed by atoms with E-state index in [-0.39, 0.29) is 6.07 Å². The Morgan fingerprint density at radius 1 is 0.950 bits per heavy atom. The summed E-state index contributed by atoms with van der Waals surface area (Å²) in [6, 6.07) is 1.33. The number of anilines is 1. The predicted molar refractivity (Wildman–Crippen MR) is 50.6 cm³/mol. The highest BCUT2D eigenvalue weighted by molar-refractivity contribution is 5.93. The highest BCUT2D eigenvalue weighted by Gasteiger charge is 2.61. The molecule has 0 radical (unpaired) electrons. The molecule has 0 unspecified atom stereocenters. The molecule has 0 spiro atoms. The molecule has 0 aliphatic rings. The van der Waals surface area contributed by atoms with Crippen LogP contribution in [0.4, 0.5) is 40.8 Å². The van der Waals surface area contributed by atoms with Gasteiger partial charge in [-0.1, -0.05) is 0 Å². The van der Waals surface area contributed by atoms with Crippen LogP contribution in [0.2, 0.25) is 0 Å². The summed E-state index contributed by atoms with van der Waals surface area (Å²) in [4.78, 5) is 11.0. The van der Waals surface area contributed by atoms with Crippen molar-refractivity contribution < 1.29 is 39.9 Å². The van der Waals surface area contributed by atoms with Gasteiger partial charge >= 0.3 is 12.4 Å². The lowest BCUT2D eigenvalue weighted by Crippen LogP contribution is -2.45. The van der Waals surface area contributed by atoms with Crippen LogP contribution in [0.5, 0.6) is 0 Å². The minimum Gasteiger partial charge on any atom is -0.325 e. The monoisotopic (exact) mass is 307 g/mol.